The number of amidine groups is 1. The van der Waals surface area contributed by atoms with E-state index in [0.717, 1.165) is 29.9 Å². The largest absolute Gasteiger partial charge is 0.409 e. The lowest BCUT2D eigenvalue weighted by atomic mass is 10.2. The number of oxime groups is 1. The van der Waals surface area contributed by atoms with E-state index in [0.29, 0.717) is 5.69 Å². The van der Waals surface area contributed by atoms with Gasteiger partial charge in [0.1, 0.15) is 5.69 Å². The third-order valence-electron chi connectivity index (χ3n) is 2.92. The number of hydrogen-bond acceptors (Lipinski definition) is 4. The Morgan fingerprint density at radius 1 is 1.37 bits per heavy atom. The van der Waals surface area contributed by atoms with Crippen molar-refractivity contribution in [3.05, 3.63) is 41.5 Å². The smallest absolute Gasteiger partial charge is 0.188 e. The van der Waals surface area contributed by atoms with Gasteiger partial charge >= 0.3 is 0 Å². The molecule has 0 atom stereocenters. The van der Waals surface area contributed by atoms with Crippen LogP contribution in [0.25, 0.3) is 5.69 Å². The molecule has 2 heterocycles. The standard InChI is InChI=1S/C13H17N5O/c1-3-9-7-10(4-2)18(16-9)11-5-6-12(15-8-11)13(14)17-19/h5-8,19H,3-4H2,1-2H3,(H2,14,17). The van der Waals surface area contributed by atoms with E-state index in [1.807, 2.05) is 10.7 Å². The Hall–Kier alpha value is -2.37. The molecule has 0 saturated heterocycles. The monoisotopic (exact) mass is 259 g/mol. The SMILES string of the molecule is CCc1cc(CC)n(-c2ccc(/C(N)=N/O)nc2)n1. The summed E-state index contributed by atoms with van der Waals surface area (Å²) in [5, 5.41) is 16.0. The summed E-state index contributed by atoms with van der Waals surface area (Å²) in [5.41, 5.74) is 8.97. The molecule has 6 nitrogen and oxygen atoms in total. The number of nitrogens with zero attached hydrogens (tertiary/aromatic N) is 4. The van der Waals surface area contributed by atoms with Crippen molar-refractivity contribution in [3.8, 4) is 5.69 Å². The van der Waals surface area contributed by atoms with Crippen LogP contribution in [0.5, 0.6) is 0 Å². The van der Waals surface area contributed by atoms with E-state index in [9.17, 15) is 0 Å². The molecule has 100 valence electrons. The minimum atomic E-state index is -0.00280. The van der Waals surface area contributed by atoms with Crippen molar-refractivity contribution in [2.45, 2.75) is 26.7 Å². The van der Waals surface area contributed by atoms with Gasteiger partial charge in [-0.25, -0.2) is 4.68 Å². The maximum Gasteiger partial charge on any atom is 0.188 e. The lowest BCUT2D eigenvalue weighted by Crippen LogP contribution is -2.15. The van der Waals surface area contributed by atoms with E-state index < -0.39 is 0 Å². The Kier molecular flexibility index (Phi) is 3.79. The average molecular weight is 259 g/mol. The molecule has 19 heavy (non-hydrogen) atoms. The molecule has 0 saturated carbocycles. The molecule has 2 aromatic heterocycles. The summed E-state index contributed by atoms with van der Waals surface area (Å²) in [4.78, 5) is 4.16. The highest BCUT2D eigenvalue weighted by Crippen LogP contribution is 2.13. The fraction of sp³-hybridized carbons (Fsp3) is 0.308. The molecule has 0 bridgehead atoms. The van der Waals surface area contributed by atoms with Gasteiger partial charge in [0.15, 0.2) is 5.84 Å². The summed E-state index contributed by atoms with van der Waals surface area (Å²) >= 11 is 0. The second-order valence-corrected chi connectivity index (χ2v) is 4.13. The average Bonchev–Trinajstić information content (AvgIpc) is 2.90. The summed E-state index contributed by atoms with van der Waals surface area (Å²) in [7, 11) is 0. The molecule has 6 heteroatoms. The zero-order valence-electron chi connectivity index (χ0n) is 11.0. The molecule has 0 aliphatic carbocycles. The maximum absolute atomic E-state index is 8.60. The first-order chi connectivity index (χ1) is 9.19. The fourth-order valence-corrected chi connectivity index (χ4v) is 1.84. The van der Waals surface area contributed by atoms with Crippen LogP contribution < -0.4 is 5.73 Å². The van der Waals surface area contributed by atoms with Gasteiger partial charge in [0.2, 0.25) is 0 Å². The summed E-state index contributed by atoms with van der Waals surface area (Å²) in [6.45, 7) is 4.16. The van der Waals surface area contributed by atoms with Crippen LogP contribution in [0.4, 0.5) is 0 Å². The molecule has 0 aliphatic rings. The zero-order valence-corrected chi connectivity index (χ0v) is 11.0. The molecule has 2 aromatic rings. The molecule has 0 amide bonds. The molecule has 0 radical (unpaired) electrons. The first-order valence-corrected chi connectivity index (χ1v) is 6.21. The summed E-state index contributed by atoms with van der Waals surface area (Å²) in [6, 6.07) is 5.65. The molecule has 0 aromatic carbocycles. The lowest BCUT2D eigenvalue weighted by molar-refractivity contribution is 0.318. The molecule has 0 spiro atoms. The number of aryl methyl sites for hydroxylation is 2. The second-order valence-electron chi connectivity index (χ2n) is 4.13. The van der Waals surface area contributed by atoms with Crippen LogP contribution in [0, 0.1) is 0 Å². The highest BCUT2D eigenvalue weighted by atomic mass is 16.4. The Bertz CT molecular complexity index is 586. The third-order valence-corrected chi connectivity index (χ3v) is 2.92. The van der Waals surface area contributed by atoms with Crippen molar-refractivity contribution in [1.82, 2.24) is 14.8 Å². The van der Waals surface area contributed by atoms with Crippen molar-refractivity contribution in [2.24, 2.45) is 10.9 Å². The Morgan fingerprint density at radius 3 is 2.68 bits per heavy atom. The normalized spacial score (nSPS) is 11.8. The molecular formula is C13H17N5O. The summed E-state index contributed by atoms with van der Waals surface area (Å²) < 4.78 is 1.88. The fourth-order valence-electron chi connectivity index (χ4n) is 1.84. The number of hydrogen-bond donors (Lipinski definition) is 2. The van der Waals surface area contributed by atoms with E-state index in [1.165, 1.54) is 0 Å². The van der Waals surface area contributed by atoms with Gasteiger partial charge in [-0.2, -0.15) is 5.10 Å². The number of rotatable bonds is 4. The van der Waals surface area contributed by atoms with Crippen LogP contribution in [-0.2, 0) is 12.8 Å². The van der Waals surface area contributed by atoms with Crippen molar-refractivity contribution in [1.29, 1.82) is 0 Å². The Morgan fingerprint density at radius 2 is 2.16 bits per heavy atom. The lowest BCUT2D eigenvalue weighted by Gasteiger charge is -2.06. The quantitative estimate of drug-likeness (QED) is 0.377. The molecule has 3 N–H and O–H groups in total. The first kappa shape index (κ1) is 13.1. The van der Waals surface area contributed by atoms with Gasteiger partial charge in [0.25, 0.3) is 0 Å². The van der Waals surface area contributed by atoms with Crippen LogP contribution in [0.2, 0.25) is 0 Å². The van der Waals surface area contributed by atoms with Gasteiger partial charge in [0.05, 0.1) is 17.6 Å². The number of aromatic nitrogens is 3. The summed E-state index contributed by atoms with van der Waals surface area (Å²) in [5.74, 6) is -0.00280. The zero-order chi connectivity index (χ0) is 13.8. The summed E-state index contributed by atoms with van der Waals surface area (Å²) in [6.07, 6.45) is 3.46. The van der Waals surface area contributed by atoms with E-state index in [2.05, 4.69) is 35.2 Å². The first-order valence-electron chi connectivity index (χ1n) is 6.21. The maximum atomic E-state index is 8.60. The highest BCUT2D eigenvalue weighted by Gasteiger charge is 2.08. The van der Waals surface area contributed by atoms with E-state index >= 15 is 0 Å². The van der Waals surface area contributed by atoms with Gasteiger partial charge in [-0.3, -0.25) is 4.98 Å². The van der Waals surface area contributed by atoms with Gasteiger partial charge in [-0.1, -0.05) is 19.0 Å². The van der Waals surface area contributed by atoms with Gasteiger partial charge in [-0.15, -0.1) is 0 Å². The van der Waals surface area contributed by atoms with Crippen LogP contribution in [0.3, 0.4) is 0 Å². The van der Waals surface area contributed by atoms with E-state index in [-0.39, 0.29) is 5.84 Å². The van der Waals surface area contributed by atoms with Crippen LogP contribution in [-0.4, -0.2) is 25.8 Å². The second kappa shape index (κ2) is 5.51. The number of nitrogens with two attached hydrogens (primary N) is 1. The molecule has 0 unspecified atom stereocenters. The minimum absolute atomic E-state index is 0.00280. The molecule has 0 aliphatic heterocycles. The predicted octanol–water partition coefficient (Wildman–Crippen LogP) is 1.49. The van der Waals surface area contributed by atoms with Gasteiger partial charge in [0, 0.05) is 5.69 Å². The number of pyridine rings is 1. The van der Waals surface area contributed by atoms with Crippen LogP contribution in [0.15, 0.2) is 29.6 Å². The van der Waals surface area contributed by atoms with E-state index in [1.54, 1.807) is 12.3 Å². The van der Waals surface area contributed by atoms with Gasteiger partial charge < -0.3 is 10.9 Å². The van der Waals surface area contributed by atoms with Crippen molar-refractivity contribution in [2.75, 3.05) is 0 Å². The Balaban J connectivity index is 2.39. The molecule has 2 rings (SSSR count). The van der Waals surface area contributed by atoms with Crippen molar-refractivity contribution >= 4 is 5.84 Å². The van der Waals surface area contributed by atoms with Crippen LogP contribution in [0.1, 0.15) is 30.9 Å². The van der Waals surface area contributed by atoms with E-state index in [4.69, 9.17) is 10.9 Å². The van der Waals surface area contributed by atoms with Gasteiger partial charge in [-0.05, 0) is 31.0 Å². The molecule has 0 fully saturated rings. The predicted molar refractivity (Wildman–Crippen MR) is 72.6 cm³/mol. The molecular weight excluding hydrogens is 242 g/mol. The topological polar surface area (TPSA) is 89.3 Å². The van der Waals surface area contributed by atoms with Crippen molar-refractivity contribution < 1.29 is 5.21 Å². The minimum Gasteiger partial charge on any atom is -0.409 e. The Labute approximate surface area is 111 Å². The highest BCUT2D eigenvalue weighted by molar-refractivity contribution is 5.95. The third kappa shape index (κ3) is 2.57. The van der Waals surface area contributed by atoms with Crippen LogP contribution >= 0.6 is 0 Å². The van der Waals surface area contributed by atoms with Crippen molar-refractivity contribution in [3.63, 3.8) is 0 Å².